The first-order valence-electron chi connectivity index (χ1n) is 11.4. The maximum atomic E-state index is 13.4. The molecule has 178 valence electrons. The lowest BCUT2D eigenvalue weighted by Gasteiger charge is -2.41. The van der Waals surface area contributed by atoms with Gasteiger partial charge in [-0.25, -0.2) is 4.79 Å². The van der Waals surface area contributed by atoms with Gasteiger partial charge in [-0.15, -0.1) is 0 Å². The number of hydrogen-bond donors (Lipinski definition) is 1. The molecule has 0 spiro atoms. The third-order valence-corrected chi connectivity index (χ3v) is 7.29. The lowest BCUT2D eigenvalue weighted by molar-refractivity contribution is 0.0627. The van der Waals surface area contributed by atoms with Gasteiger partial charge in [-0.05, 0) is 36.0 Å². The fraction of sp³-hybridized carbons (Fsp3) is 0.542. The molecule has 3 unspecified atom stereocenters. The van der Waals surface area contributed by atoms with Gasteiger partial charge in [0.2, 0.25) is 6.79 Å². The monoisotopic (exact) mass is 456 g/mol. The Labute approximate surface area is 192 Å². The van der Waals surface area contributed by atoms with Crippen LogP contribution in [-0.2, 0) is 20.6 Å². The molecule has 9 heteroatoms. The maximum Gasteiger partial charge on any atom is 0.332 e. The lowest BCUT2D eigenvalue weighted by atomic mass is 9.77. The van der Waals surface area contributed by atoms with E-state index in [1.54, 1.807) is 0 Å². The minimum absolute atomic E-state index is 0.0355. The Morgan fingerprint density at radius 1 is 1.12 bits per heavy atom. The molecule has 1 aromatic heterocycles. The molecule has 2 N–H and O–H groups in total. The zero-order valence-corrected chi connectivity index (χ0v) is 19.7. The molecule has 0 amide bonds. The van der Waals surface area contributed by atoms with Crippen LogP contribution in [0.3, 0.4) is 0 Å². The molecule has 9 nitrogen and oxygen atoms in total. The Bertz CT molecular complexity index is 1180. The zero-order valence-electron chi connectivity index (χ0n) is 19.7. The van der Waals surface area contributed by atoms with E-state index in [9.17, 15) is 14.4 Å². The largest absolute Gasteiger partial charge is 0.454 e. The van der Waals surface area contributed by atoms with Crippen LogP contribution in [0.2, 0.25) is 0 Å². The van der Waals surface area contributed by atoms with Crippen molar-refractivity contribution in [3.63, 3.8) is 0 Å². The van der Waals surface area contributed by atoms with Crippen molar-refractivity contribution in [2.45, 2.75) is 45.7 Å². The van der Waals surface area contributed by atoms with E-state index in [4.69, 9.17) is 15.2 Å². The fourth-order valence-electron chi connectivity index (χ4n) is 5.02. The van der Waals surface area contributed by atoms with Crippen LogP contribution >= 0.6 is 0 Å². The summed E-state index contributed by atoms with van der Waals surface area (Å²) in [7, 11) is 2.82. The number of Topliss-reactive ketones (excluding diaryl/α,β-unsaturated/α-hetero) is 1. The molecule has 0 bridgehead atoms. The molecule has 0 radical (unpaired) electrons. The second kappa shape index (κ2) is 9.05. The molecule has 3 atom stereocenters. The number of ether oxygens (including phenoxy) is 2. The van der Waals surface area contributed by atoms with E-state index in [0.717, 1.165) is 34.0 Å². The first-order valence-corrected chi connectivity index (χ1v) is 11.4. The molecule has 2 heterocycles. The average Bonchev–Trinajstić information content (AvgIpc) is 3.26. The predicted molar refractivity (Wildman–Crippen MR) is 125 cm³/mol. The van der Waals surface area contributed by atoms with Crippen molar-refractivity contribution >= 4 is 11.6 Å². The number of nitrogens with zero attached hydrogens (tertiary/aromatic N) is 3. The third kappa shape index (κ3) is 4.29. The predicted octanol–water partition coefficient (Wildman–Crippen LogP) is 1.90. The van der Waals surface area contributed by atoms with E-state index >= 15 is 0 Å². The summed E-state index contributed by atoms with van der Waals surface area (Å²) in [6, 6.07) is 5.98. The quantitative estimate of drug-likeness (QED) is 0.662. The molecule has 2 aromatic rings. The highest BCUT2D eigenvalue weighted by atomic mass is 16.7. The minimum Gasteiger partial charge on any atom is -0.454 e. The molecule has 1 aliphatic carbocycles. The average molecular weight is 457 g/mol. The molecule has 1 aromatic carbocycles. The van der Waals surface area contributed by atoms with Crippen molar-refractivity contribution in [3.05, 3.63) is 50.2 Å². The van der Waals surface area contributed by atoms with Crippen LogP contribution in [0.15, 0.2) is 27.8 Å². The van der Waals surface area contributed by atoms with Crippen molar-refractivity contribution in [1.82, 2.24) is 14.0 Å². The van der Waals surface area contributed by atoms with E-state index in [1.165, 1.54) is 14.1 Å². The summed E-state index contributed by atoms with van der Waals surface area (Å²) < 4.78 is 13.0. The molecular formula is C24H32N4O5. The highest BCUT2D eigenvalue weighted by Crippen LogP contribution is 2.36. The topological polar surface area (TPSA) is 109 Å². The number of nitrogen functional groups attached to an aromatic ring is 1. The van der Waals surface area contributed by atoms with E-state index in [2.05, 4.69) is 18.7 Å². The molecule has 2 aliphatic rings. The van der Waals surface area contributed by atoms with Crippen LogP contribution in [0, 0.1) is 11.8 Å². The zero-order chi connectivity index (χ0) is 23.9. The highest BCUT2D eigenvalue weighted by Gasteiger charge is 2.34. The number of rotatable bonds is 6. The van der Waals surface area contributed by atoms with Gasteiger partial charge in [0, 0.05) is 26.7 Å². The van der Waals surface area contributed by atoms with E-state index in [0.29, 0.717) is 29.9 Å². The van der Waals surface area contributed by atoms with Gasteiger partial charge in [0.25, 0.3) is 5.56 Å². The molecule has 33 heavy (non-hydrogen) atoms. The number of hydrogen-bond acceptors (Lipinski definition) is 7. The molecule has 1 aliphatic heterocycles. The van der Waals surface area contributed by atoms with Crippen molar-refractivity contribution in [3.8, 4) is 11.5 Å². The van der Waals surface area contributed by atoms with Crippen LogP contribution in [0.25, 0.3) is 0 Å². The van der Waals surface area contributed by atoms with E-state index < -0.39 is 11.2 Å². The Morgan fingerprint density at radius 3 is 2.61 bits per heavy atom. The standard InChI is InChI=1S/C24H32N4O5/c1-14-6-5-7-17(15(14)2)28(11-16-8-9-19-20(10-16)33-13-32-19)12-18(29)21-22(25)26(3)24(31)27(4)23(21)30/h8-10,14-15,17H,5-7,11-13,25H2,1-4H3. The van der Waals surface area contributed by atoms with Crippen LogP contribution in [0.5, 0.6) is 11.5 Å². The Balaban J connectivity index is 1.67. The maximum absolute atomic E-state index is 13.4. The van der Waals surface area contributed by atoms with Gasteiger partial charge in [-0.3, -0.25) is 23.6 Å². The first kappa shape index (κ1) is 23.1. The number of ketones is 1. The summed E-state index contributed by atoms with van der Waals surface area (Å²) in [6.45, 7) is 5.24. The smallest absolute Gasteiger partial charge is 0.332 e. The summed E-state index contributed by atoms with van der Waals surface area (Å²) in [6.07, 6.45) is 3.23. The van der Waals surface area contributed by atoms with Crippen molar-refractivity contribution < 1.29 is 14.3 Å². The minimum atomic E-state index is -0.659. The Kier molecular flexibility index (Phi) is 6.34. The normalized spacial score (nSPS) is 22.0. The number of fused-ring (bicyclic) bond motifs is 1. The summed E-state index contributed by atoms with van der Waals surface area (Å²) >= 11 is 0. The van der Waals surface area contributed by atoms with Crippen molar-refractivity contribution in [1.29, 1.82) is 0 Å². The number of benzene rings is 1. The van der Waals surface area contributed by atoms with Gasteiger partial charge in [0.05, 0.1) is 6.54 Å². The van der Waals surface area contributed by atoms with Gasteiger partial charge in [0.1, 0.15) is 11.4 Å². The molecule has 1 fully saturated rings. The van der Waals surface area contributed by atoms with Gasteiger partial charge < -0.3 is 15.2 Å². The highest BCUT2D eigenvalue weighted by molar-refractivity contribution is 6.01. The number of carbonyl (C=O) groups is 1. The Morgan fingerprint density at radius 2 is 1.85 bits per heavy atom. The summed E-state index contributed by atoms with van der Waals surface area (Å²) in [4.78, 5) is 40.5. The van der Waals surface area contributed by atoms with E-state index in [-0.39, 0.29) is 36.5 Å². The van der Waals surface area contributed by atoms with Crippen LogP contribution in [-0.4, -0.2) is 39.2 Å². The first-order chi connectivity index (χ1) is 15.7. The van der Waals surface area contributed by atoms with Gasteiger partial charge in [0.15, 0.2) is 17.3 Å². The third-order valence-electron chi connectivity index (χ3n) is 7.29. The van der Waals surface area contributed by atoms with E-state index in [1.807, 2.05) is 18.2 Å². The van der Waals surface area contributed by atoms with Crippen LogP contribution < -0.4 is 26.5 Å². The summed E-state index contributed by atoms with van der Waals surface area (Å²) in [5.74, 6) is 1.85. The molecule has 1 saturated carbocycles. The number of nitrogens with two attached hydrogens (primary N) is 1. The summed E-state index contributed by atoms with van der Waals surface area (Å²) in [5, 5.41) is 0. The van der Waals surface area contributed by atoms with Gasteiger partial charge >= 0.3 is 5.69 Å². The Hall–Kier alpha value is -3.07. The fourth-order valence-corrected chi connectivity index (χ4v) is 5.02. The van der Waals surface area contributed by atoms with Crippen LogP contribution in [0.1, 0.15) is 49.0 Å². The lowest BCUT2D eigenvalue weighted by Crippen LogP contribution is -2.48. The molecule has 4 rings (SSSR count). The second-order valence-electron chi connectivity index (χ2n) is 9.32. The van der Waals surface area contributed by atoms with Crippen molar-refractivity contribution in [2.75, 3.05) is 19.1 Å². The molecule has 0 saturated heterocycles. The summed E-state index contributed by atoms with van der Waals surface area (Å²) in [5.41, 5.74) is 5.70. The SMILES string of the molecule is CC1CCCC(N(CC(=O)c2c(N)n(C)c(=O)n(C)c2=O)Cc2ccc3c(c2)OCO3)C1C. The van der Waals surface area contributed by atoms with Gasteiger partial charge in [-0.2, -0.15) is 0 Å². The molecular weight excluding hydrogens is 424 g/mol. The van der Waals surface area contributed by atoms with Crippen LogP contribution in [0.4, 0.5) is 5.82 Å². The number of carbonyl (C=O) groups excluding carboxylic acids is 1. The number of aromatic nitrogens is 2. The van der Waals surface area contributed by atoms with Crippen molar-refractivity contribution in [2.24, 2.45) is 25.9 Å². The second-order valence-corrected chi connectivity index (χ2v) is 9.32. The van der Waals surface area contributed by atoms with Gasteiger partial charge in [-0.1, -0.05) is 32.8 Å². The number of anilines is 1.